The van der Waals surface area contributed by atoms with Crippen LogP contribution in [0.25, 0.3) is 11.0 Å². The quantitative estimate of drug-likeness (QED) is 0.154. The number of halogens is 1. The molecule has 0 atom stereocenters. The second kappa shape index (κ2) is 14.6. The molecule has 4 rings (SSSR count). The molecule has 0 radical (unpaired) electrons. The highest BCUT2D eigenvalue weighted by Crippen LogP contribution is 2.38. The van der Waals surface area contributed by atoms with Crippen LogP contribution in [-0.2, 0) is 19.6 Å². The molecule has 224 valence electrons. The fourth-order valence-corrected chi connectivity index (χ4v) is 5.52. The van der Waals surface area contributed by atoms with Gasteiger partial charge in [-0.1, -0.05) is 75.7 Å². The van der Waals surface area contributed by atoms with Crippen LogP contribution in [0.15, 0.2) is 60.7 Å². The largest absolute Gasteiger partial charge is 0.493 e. The number of aromatic nitrogens is 2. The van der Waals surface area contributed by atoms with Gasteiger partial charge in [0, 0.05) is 19.6 Å². The Morgan fingerprint density at radius 1 is 0.929 bits per heavy atom. The lowest BCUT2D eigenvalue weighted by Crippen LogP contribution is -2.33. The number of imidazole rings is 1. The third kappa shape index (κ3) is 7.08. The number of amides is 1. The molecule has 0 spiro atoms. The number of benzene rings is 3. The summed E-state index contributed by atoms with van der Waals surface area (Å²) < 4.78 is 13.1. The second-order valence-corrected chi connectivity index (χ2v) is 11.3. The molecule has 3 aromatic carbocycles. The van der Waals surface area contributed by atoms with Gasteiger partial charge in [-0.15, -0.1) is 0 Å². The number of hydrogen-bond acceptors (Lipinski definition) is 5. The maximum Gasteiger partial charge on any atom is 0.255 e. The first-order valence-corrected chi connectivity index (χ1v) is 15.1. The minimum Gasteiger partial charge on any atom is -0.493 e. The van der Waals surface area contributed by atoms with Crippen molar-refractivity contribution in [3.8, 4) is 11.5 Å². The molecular formula is C34H43ClN4O3. The van der Waals surface area contributed by atoms with E-state index in [4.69, 9.17) is 26.1 Å². The molecule has 0 aliphatic carbocycles. The SMILES string of the molecule is CCN(CC)Cc1ccccc1Cn1c(CN(CCC(C)C)C(=O)c2ccc(OC)c(OC)c2Cl)nc2ccccc21. The highest BCUT2D eigenvalue weighted by Gasteiger charge is 2.25. The van der Waals surface area contributed by atoms with Crippen molar-refractivity contribution in [2.45, 2.75) is 53.8 Å². The first-order valence-electron chi connectivity index (χ1n) is 14.7. The number of carbonyl (C=O) groups is 1. The van der Waals surface area contributed by atoms with Gasteiger partial charge in [0.1, 0.15) is 5.82 Å². The summed E-state index contributed by atoms with van der Waals surface area (Å²) in [5.41, 5.74) is 4.89. The molecule has 1 amide bonds. The number of fused-ring (bicyclic) bond motifs is 1. The van der Waals surface area contributed by atoms with Crippen LogP contribution in [0.1, 0.15) is 61.4 Å². The van der Waals surface area contributed by atoms with Gasteiger partial charge in [0.25, 0.3) is 5.91 Å². The van der Waals surface area contributed by atoms with E-state index < -0.39 is 0 Å². The molecule has 7 nitrogen and oxygen atoms in total. The molecule has 4 aromatic rings. The predicted octanol–water partition coefficient (Wildman–Crippen LogP) is 7.29. The molecule has 0 saturated heterocycles. The maximum absolute atomic E-state index is 14.1. The van der Waals surface area contributed by atoms with Crippen molar-refractivity contribution in [2.75, 3.05) is 33.9 Å². The Labute approximate surface area is 255 Å². The number of nitrogens with zero attached hydrogens (tertiary/aromatic N) is 4. The lowest BCUT2D eigenvalue weighted by molar-refractivity contribution is 0.0729. The van der Waals surface area contributed by atoms with Crippen molar-refractivity contribution in [3.63, 3.8) is 0 Å². The normalized spacial score (nSPS) is 11.5. The third-order valence-corrected chi connectivity index (χ3v) is 8.16. The molecule has 1 heterocycles. The molecule has 0 aliphatic rings. The molecule has 8 heteroatoms. The van der Waals surface area contributed by atoms with Gasteiger partial charge in [-0.3, -0.25) is 9.69 Å². The molecule has 1 aromatic heterocycles. The summed E-state index contributed by atoms with van der Waals surface area (Å²) in [6, 6.07) is 20.2. The van der Waals surface area contributed by atoms with Gasteiger partial charge < -0.3 is 18.9 Å². The molecule has 42 heavy (non-hydrogen) atoms. The Morgan fingerprint density at radius 2 is 1.62 bits per heavy atom. The van der Waals surface area contributed by atoms with E-state index in [1.54, 1.807) is 19.2 Å². The highest BCUT2D eigenvalue weighted by molar-refractivity contribution is 6.35. The third-order valence-electron chi connectivity index (χ3n) is 7.78. The maximum atomic E-state index is 14.1. The summed E-state index contributed by atoms with van der Waals surface area (Å²) in [7, 11) is 3.07. The van der Waals surface area contributed by atoms with Crippen molar-refractivity contribution in [2.24, 2.45) is 5.92 Å². The minimum absolute atomic E-state index is 0.165. The lowest BCUT2D eigenvalue weighted by atomic mass is 10.1. The standard InChI is InChI=1S/C34H43ClN4O3/c1-7-37(8-2)21-25-13-9-10-14-26(25)22-39-29-16-12-11-15-28(29)36-31(39)23-38(20-19-24(3)4)34(40)27-17-18-30(41-5)33(42-6)32(27)35/h9-18,24H,7-8,19-23H2,1-6H3. The smallest absolute Gasteiger partial charge is 0.255 e. The number of ether oxygens (including phenoxy) is 2. The van der Waals surface area contributed by atoms with Crippen LogP contribution in [0.4, 0.5) is 0 Å². The summed E-state index contributed by atoms with van der Waals surface area (Å²) >= 11 is 6.71. The first-order chi connectivity index (χ1) is 20.3. The molecule has 0 fully saturated rings. The van der Waals surface area contributed by atoms with Gasteiger partial charge in [-0.05, 0) is 60.8 Å². The Hall–Kier alpha value is -3.55. The van der Waals surface area contributed by atoms with Crippen LogP contribution in [0.2, 0.25) is 5.02 Å². The van der Waals surface area contributed by atoms with Crippen LogP contribution < -0.4 is 9.47 Å². The van der Waals surface area contributed by atoms with Crippen LogP contribution in [0.3, 0.4) is 0 Å². The molecule has 0 N–H and O–H groups in total. The van der Waals surface area contributed by atoms with E-state index in [2.05, 4.69) is 67.5 Å². The fourth-order valence-electron chi connectivity index (χ4n) is 5.21. The average molecular weight is 591 g/mol. The summed E-state index contributed by atoms with van der Waals surface area (Å²) in [6.07, 6.45) is 0.851. The minimum atomic E-state index is -0.165. The zero-order valence-electron chi connectivity index (χ0n) is 25.7. The zero-order chi connectivity index (χ0) is 30.2. The number of methoxy groups -OCH3 is 2. The van der Waals surface area contributed by atoms with E-state index in [9.17, 15) is 4.79 Å². The van der Waals surface area contributed by atoms with Crippen molar-refractivity contribution in [1.29, 1.82) is 0 Å². The number of para-hydroxylation sites is 2. The molecular weight excluding hydrogens is 548 g/mol. The summed E-state index contributed by atoms with van der Waals surface area (Å²) in [5, 5.41) is 0.246. The van der Waals surface area contributed by atoms with E-state index in [-0.39, 0.29) is 10.9 Å². The first kappa shape index (κ1) is 31.4. The summed E-state index contributed by atoms with van der Waals surface area (Å²) in [6.45, 7) is 13.2. The van der Waals surface area contributed by atoms with Crippen LogP contribution in [-0.4, -0.2) is 59.1 Å². The predicted molar refractivity (Wildman–Crippen MR) is 171 cm³/mol. The Balaban J connectivity index is 1.74. The summed E-state index contributed by atoms with van der Waals surface area (Å²) in [5.74, 6) is 1.93. The molecule has 0 saturated carbocycles. The number of rotatable bonds is 14. The van der Waals surface area contributed by atoms with E-state index in [1.165, 1.54) is 18.2 Å². The van der Waals surface area contributed by atoms with Gasteiger partial charge in [0.2, 0.25) is 0 Å². The van der Waals surface area contributed by atoms with E-state index in [1.807, 2.05) is 23.1 Å². The van der Waals surface area contributed by atoms with E-state index >= 15 is 0 Å². The van der Waals surface area contributed by atoms with Gasteiger partial charge in [-0.2, -0.15) is 0 Å². The molecule has 0 aliphatic heterocycles. The van der Waals surface area contributed by atoms with Gasteiger partial charge in [0.05, 0.1) is 42.4 Å². The zero-order valence-corrected chi connectivity index (χ0v) is 26.4. The average Bonchev–Trinajstić information content (AvgIpc) is 3.34. The number of hydrogen-bond donors (Lipinski definition) is 0. The van der Waals surface area contributed by atoms with Gasteiger partial charge >= 0.3 is 0 Å². The lowest BCUT2D eigenvalue weighted by Gasteiger charge is -2.25. The van der Waals surface area contributed by atoms with E-state index in [0.29, 0.717) is 42.6 Å². The second-order valence-electron chi connectivity index (χ2n) is 10.9. The molecule has 0 unspecified atom stereocenters. The van der Waals surface area contributed by atoms with E-state index in [0.717, 1.165) is 42.9 Å². The van der Waals surface area contributed by atoms with Crippen molar-refractivity contribution in [1.82, 2.24) is 19.4 Å². The van der Waals surface area contributed by atoms with Crippen LogP contribution in [0.5, 0.6) is 11.5 Å². The van der Waals surface area contributed by atoms with Crippen molar-refractivity contribution in [3.05, 3.63) is 88.2 Å². The van der Waals surface area contributed by atoms with Gasteiger partial charge in [0.15, 0.2) is 11.5 Å². The highest BCUT2D eigenvalue weighted by atomic mass is 35.5. The van der Waals surface area contributed by atoms with Gasteiger partial charge in [-0.25, -0.2) is 4.98 Å². The monoisotopic (exact) mass is 590 g/mol. The van der Waals surface area contributed by atoms with Crippen molar-refractivity contribution < 1.29 is 14.3 Å². The van der Waals surface area contributed by atoms with Crippen LogP contribution in [0, 0.1) is 5.92 Å². The molecule has 0 bridgehead atoms. The topological polar surface area (TPSA) is 59.8 Å². The number of carbonyl (C=O) groups excluding carboxylic acids is 1. The fraction of sp³-hybridized carbons (Fsp3) is 0.412. The Morgan fingerprint density at radius 3 is 2.29 bits per heavy atom. The van der Waals surface area contributed by atoms with Crippen molar-refractivity contribution >= 4 is 28.5 Å². The Kier molecular flexibility index (Phi) is 10.9. The Bertz CT molecular complexity index is 1500. The summed E-state index contributed by atoms with van der Waals surface area (Å²) in [4.78, 5) is 23.4. The van der Waals surface area contributed by atoms with Crippen LogP contribution >= 0.6 is 11.6 Å².